The highest BCUT2D eigenvalue weighted by atomic mass is 16.5. The van der Waals surface area contributed by atoms with Crippen molar-refractivity contribution < 1.29 is 19.4 Å². The van der Waals surface area contributed by atoms with E-state index in [-0.39, 0.29) is 19.0 Å². The van der Waals surface area contributed by atoms with Crippen LogP contribution in [-0.4, -0.2) is 38.9 Å². The van der Waals surface area contributed by atoms with E-state index >= 15 is 0 Å². The largest absolute Gasteiger partial charge is 0.497 e. The fraction of sp³-hybridized carbons (Fsp3) is 0.250. The maximum Gasteiger partial charge on any atom is 0.332 e. The molecule has 0 saturated carbocycles. The number of benzene rings is 2. The fourth-order valence-electron chi connectivity index (χ4n) is 4.55. The van der Waals surface area contributed by atoms with Crippen molar-refractivity contribution in [2.75, 3.05) is 13.7 Å². The van der Waals surface area contributed by atoms with Crippen LogP contribution in [0.5, 0.6) is 11.6 Å². The molecule has 0 spiro atoms. The summed E-state index contributed by atoms with van der Waals surface area (Å²) in [4.78, 5) is 29.0. The Morgan fingerprint density at radius 1 is 1.19 bits per heavy atom. The number of esters is 1. The zero-order valence-corrected chi connectivity index (χ0v) is 17.8. The van der Waals surface area contributed by atoms with Gasteiger partial charge in [0, 0.05) is 23.0 Å². The molecular weight excluding hydrogens is 410 g/mol. The molecule has 2 N–H and O–H groups in total. The fourth-order valence-corrected chi connectivity index (χ4v) is 4.55. The number of aromatic nitrogens is 3. The first-order chi connectivity index (χ1) is 15.5. The number of ether oxygens (including phenoxy) is 2. The molecule has 0 aliphatic carbocycles. The molecule has 5 rings (SSSR count). The number of carbonyl (C=O) groups is 1. The second kappa shape index (κ2) is 7.64. The second-order valence-corrected chi connectivity index (χ2v) is 7.73. The Labute approximate surface area is 183 Å². The number of imidazole rings is 1. The normalized spacial score (nSPS) is 14.8. The Hall–Kier alpha value is -3.94. The van der Waals surface area contributed by atoms with Gasteiger partial charge in [-0.2, -0.15) is 0 Å². The first-order valence-electron chi connectivity index (χ1n) is 10.4. The summed E-state index contributed by atoms with van der Waals surface area (Å²) >= 11 is 0. The van der Waals surface area contributed by atoms with Crippen molar-refractivity contribution in [2.45, 2.75) is 25.9 Å². The molecule has 8 heteroatoms. The van der Waals surface area contributed by atoms with E-state index in [0.717, 1.165) is 32.3 Å². The van der Waals surface area contributed by atoms with Crippen LogP contribution in [0.4, 0.5) is 0 Å². The maximum atomic E-state index is 13.4. The molecule has 164 valence electrons. The van der Waals surface area contributed by atoms with Crippen LogP contribution in [0.2, 0.25) is 0 Å². The molecule has 1 atom stereocenters. The van der Waals surface area contributed by atoms with Crippen molar-refractivity contribution >= 4 is 16.9 Å². The number of nitrogens with one attached hydrogen (secondary N) is 1. The molecule has 1 aliphatic rings. The Morgan fingerprint density at radius 3 is 2.66 bits per heavy atom. The van der Waals surface area contributed by atoms with E-state index in [1.54, 1.807) is 18.6 Å². The molecule has 32 heavy (non-hydrogen) atoms. The summed E-state index contributed by atoms with van der Waals surface area (Å²) in [5.74, 6) is -0.0768. The van der Waals surface area contributed by atoms with Gasteiger partial charge in [0.15, 0.2) is 0 Å². The topological polar surface area (TPSA) is 98.5 Å². The lowest BCUT2D eigenvalue weighted by Gasteiger charge is -2.26. The zero-order valence-electron chi connectivity index (χ0n) is 17.8. The standard InChI is InChI=1S/C24H23N3O5/c1-3-32-20(28)13-26-23(29)19-12-17-16-6-4-5-7-18(16)25-21(17)22(27(19)24(26)30)14-8-10-15(31-2)11-9-14/h4-11,22,25,29H,3,12-13H2,1-2H3/t22-/m0/s1. The van der Waals surface area contributed by atoms with Gasteiger partial charge in [0.2, 0.25) is 5.88 Å². The number of aromatic amines is 1. The Balaban J connectivity index is 1.73. The molecule has 1 aliphatic heterocycles. The van der Waals surface area contributed by atoms with Crippen molar-refractivity contribution in [1.82, 2.24) is 14.1 Å². The van der Waals surface area contributed by atoms with E-state index in [0.29, 0.717) is 17.9 Å². The highest BCUT2D eigenvalue weighted by Gasteiger charge is 2.35. The van der Waals surface area contributed by atoms with Gasteiger partial charge >= 0.3 is 11.7 Å². The van der Waals surface area contributed by atoms with Crippen molar-refractivity contribution in [2.24, 2.45) is 0 Å². The third-order valence-electron chi connectivity index (χ3n) is 5.99. The summed E-state index contributed by atoms with van der Waals surface area (Å²) in [5.41, 5.74) is 3.74. The number of aromatic hydroxyl groups is 1. The molecular formula is C24H23N3O5. The van der Waals surface area contributed by atoms with E-state index in [4.69, 9.17) is 9.47 Å². The number of hydrogen-bond donors (Lipinski definition) is 2. The first-order valence-corrected chi connectivity index (χ1v) is 10.4. The molecule has 0 fully saturated rings. The molecule has 0 saturated heterocycles. The van der Waals surface area contributed by atoms with Crippen LogP contribution >= 0.6 is 0 Å². The van der Waals surface area contributed by atoms with Crippen molar-refractivity contribution in [1.29, 1.82) is 0 Å². The van der Waals surface area contributed by atoms with Crippen molar-refractivity contribution in [3.63, 3.8) is 0 Å². The monoisotopic (exact) mass is 433 g/mol. The first kappa shape index (κ1) is 20.0. The number of rotatable bonds is 5. The van der Waals surface area contributed by atoms with Crippen LogP contribution in [-0.2, 0) is 22.5 Å². The van der Waals surface area contributed by atoms with Crippen LogP contribution < -0.4 is 10.4 Å². The summed E-state index contributed by atoms with van der Waals surface area (Å²) in [6.45, 7) is 1.55. The molecule has 2 aromatic carbocycles. The lowest BCUT2D eigenvalue weighted by molar-refractivity contribution is -0.143. The van der Waals surface area contributed by atoms with E-state index < -0.39 is 17.7 Å². The Kier molecular flexibility index (Phi) is 4.77. The second-order valence-electron chi connectivity index (χ2n) is 7.73. The predicted octanol–water partition coefficient (Wildman–Crippen LogP) is 2.95. The van der Waals surface area contributed by atoms with E-state index in [9.17, 15) is 14.7 Å². The number of H-pyrrole nitrogens is 1. The van der Waals surface area contributed by atoms with E-state index in [1.165, 1.54) is 0 Å². The van der Waals surface area contributed by atoms with Gasteiger partial charge in [-0.3, -0.25) is 13.9 Å². The van der Waals surface area contributed by atoms with Crippen LogP contribution in [0.3, 0.4) is 0 Å². The molecule has 0 unspecified atom stereocenters. The van der Waals surface area contributed by atoms with Gasteiger partial charge in [0.1, 0.15) is 18.3 Å². The average molecular weight is 433 g/mol. The van der Waals surface area contributed by atoms with Crippen LogP contribution in [0, 0.1) is 0 Å². The minimum Gasteiger partial charge on any atom is -0.497 e. The average Bonchev–Trinajstić information content (AvgIpc) is 3.29. The van der Waals surface area contributed by atoms with Crippen molar-refractivity contribution in [3.8, 4) is 11.6 Å². The Morgan fingerprint density at radius 2 is 1.94 bits per heavy atom. The summed E-state index contributed by atoms with van der Waals surface area (Å²) < 4.78 is 12.9. The number of methoxy groups -OCH3 is 1. The van der Waals surface area contributed by atoms with Crippen molar-refractivity contribution in [3.05, 3.63) is 81.5 Å². The molecule has 3 heterocycles. The Bertz CT molecular complexity index is 1380. The van der Waals surface area contributed by atoms with Gasteiger partial charge in [-0.25, -0.2) is 4.79 Å². The van der Waals surface area contributed by atoms with Crippen LogP contribution in [0.1, 0.15) is 35.5 Å². The summed E-state index contributed by atoms with van der Waals surface area (Å²) in [5, 5.41) is 12.0. The molecule has 0 radical (unpaired) electrons. The van der Waals surface area contributed by atoms with E-state index in [2.05, 4.69) is 4.98 Å². The summed E-state index contributed by atoms with van der Waals surface area (Å²) in [6, 6.07) is 14.9. The molecule has 2 aromatic heterocycles. The van der Waals surface area contributed by atoms with Gasteiger partial charge in [0.25, 0.3) is 0 Å². The highest BCUT2D eigenvalue weighted by Crippen LogP contribution is 2.41. The number of fused-ring (bicyclic) bond motifs is 4. The van der Waals surface area contributed by atoms with Gasteiger partial charge in [-0.1, -0.05) is 30.3 Å². The highest BCUT2D eigenvalue weighted by molar-refractivity contribution is 5.86. The minimum atomic E-state index is -0.571. The SMILES string of the molecule is CCOC(=O)Cn1c(O)c2n(c1=O)[C@@H](c1ccc(OC)cc1)c1[nH]c3ccccc3c1C2. The molecule has 8 nitrogen and oxygen atoms in total. The minimum absolute atomic E-state index is 0.201. The predicted molar refractivity (Wildman–Crippen MR) is 118 cm³/mol. The molecule has 0 amide bonds. The zero-order chi connectivity index (χ0) is 22.4. The third-order valence-corrected chi connectivity index (χ3v) is 5.99. The number of para-hydroxylation sites is 1. The maximum absolute atomic E-state index is 13.4. The van der Waals surface area contributed by atoms with Gasteiger partial charge in [-0.15, -0.1) is 0 Å². The quantitative estimate of drug-likeness (QED) is 0.415. The summed E-state index contributed by atoms with van der Waals surface area (Å²) in [6.07, 6.45) is 0.364. The molecule has 0 bridgehead atoms. The number of nitrogens with zero attached hydrogens (tertiary/aromatic N) is 2. The molecule has 4 aromatic rings. The number of carbonyl (C=O) groups excluding carboxylic acids is 1. The van der Waals surface area contributed by atoms with Crippen LogP contribution in [0.25, 0.3) is 10.9 Å². The van der Waals surface area contributed by atoms with Gasteiger partial charge in [-0.05, 0) is 36.2 Å². The smallest absolute Gasteiger partial charge is 0.332 e. The van der Waals surface area contributed by atoms with Gasteiger partial charge in [0.05, 0.1) is 19.4 Å². The van der Waals surface area contributed by atoms with Gasteiger partial charge < -0.3 is 19.6 Å². The summed E-state index contributed by atoms with van der Waals surface area (Å²) in [7, 11) is 1.60. The lowest BCUT2D eigenvalue weighted by Crippen LogP contribution is -2.33. The van der Waals surface area contributed by atoms with E-state index in [1.807, 2.05) is 48.5 Å². The third kappa shape index (κ3) is 2.98. The number of hydrogen-bond acceptors (Lipinski definition) is 5. The lowest BCUT2D eigenvalue weighted by atomic mass is 9.93. The van der Waals surface area contributed by atoms with Crippen LogP contribution in [0.15, 0.2) is 53.3 Å².